The number of fused-ring (bicyclic) bond motifs is 1. The Balaban J connectivity index is 2.07. The summed E-state index contributed by atoms with van der Waals surface area (Å²) in [6.07, 6.45) is 0. The smallest absolute Gasteiger partial charge is 0.372 e. The molecule has 6 heteroatoms. The van der Waals surface area contributed by atoms with Crippen molar-refractivity contribution in [3.8, 4) is 0 Å². The van der Waals surface area contributed by atoms with Crippen LogP contribution in [0.3, 0.4) is 0 Å². The SMILES string of the molecule is O=C(O)c1oc2ccccc2c1CS(=O)c1cccs1. The number of hydrogen-bond donors (Lipinski definition) is 1. The molecule has 1 N–H and O–H groups in total. The molecular weight excluding hydrogens is 296 g/mol. The van der Waals surface area contributed by atoms with Crippen LogP contribution >= 0.6 is 11.3 Å². The summed E-state index contributed by atoms with van der Waals surface area (Å²) in [5.74, 6) is -1.13. The summed E-state index contributed by atoms with van der Waals surface area (Å²) in [6.45, 7) is 0. The minimum Gasteiger partial charge on any atom is -0.475 e. The minimum atomic E-state index is -1.27. The number of carboxylic acid groups (broad SMARTS) is 1. The third-order valence-electron chi connectivity index (χ3n) is 2.89. The van der Waals surface area contributed by atoms with E-state index in [0.717, 1.165) is 4.21 Å². The molecule has 3 aromatic rings. The number of aromatic carboxylic acids is 1. The van der Waals surface area contributed by atoms with Crippen LogP contribution in [0.5, 0.6) is 0 Å². The lowest BCUT2D eigenvalue weighted by Gasteiger charge is -1.99. The van der Waals surface area contributed by atoms with Crippen molar-refractivity contribution in [3.63, 3.8) is 0 Å². The Morgan fingerprint density at radius 3 is 2.75 bits per heavy atom. The van der Waals surface area contributed by atoms with Crippen molar-refractivity contribution in [1.82, 2.24) is 0 Å². The van der Waals surface area contributed by atoms with Gasteiger partial charge in [-0.2, -0.15) is 0 Å². The van der Waals surface area contributed by atoms with Crippen molar-refractivity contribution in [1.29, 1.82) is 0 Å². The van der Waals surface area contributed by atoms with Crippen LogP contribution in [0.15, 0.2) is 50.4 Å². The number of thiophene rings is 1. The van der Waals surface area contributed by atoms with E-state index < -0.39 is 16.8 Å². The Kier molecular flexibility index (Phi) is 3.42. The van der Waals surface area contributed by atoms with Crippen LogP contribution in [0.2, 0.25) is 0 Å². The maximum absolute atomic E-state index is 12.3. The highest BCUT2D eigenvalue weighted by atomic mass is 32.2. The van der Waals surface area contributed by atoms with Gasteiger partial charge in [0.1, 0.15) is 5.58 Å². The second-order valence-electron chi connectivity index (χ2n) is 4.13. The van der Waals surface area contributed by atoms with Gasteiger partial charge in [0.15, 0.2) is 0 Å². The second kappa shape index (κ2) is 5.22. The van der Waals surface area contributed by atoms with Gasteiger partial charge in [0.2, 0.25) is 5.76 Å². The average Bonchev–Trinajstić information content (AvgIpc) is 3.06. The molecule has 0 fully saturated rings. The van der Waals surface area contributed by atoms with Gasteiger partial charge in [0, 0.05) is 10.9 Å². The van der Waals surface area contributed by atoms with E-state index in [-0.39, 0.29) is 11.5 Å². The van der Waals surface area contributed by atoms with Crippen molar-refractivity contribution < 1.29 is 18.5 Å². The zero-order valence-corrected chi connectivity index (χ0v) is 11.9. The van der Waals surface area contributed by atoms with E-state index in [4.69, 9.17) is 4.42 Å². The molecule has 0 saturated heterocycles. The van der Waals surface area contributed by atoms with Gasteiger partial charge in [-0.15, -0.1) is 11.3 Å². The van der Waals surface area contributed by atoms with Crippen LogP contribution in [0, 0.1) is 0 Å². The van der Waals surface area contributed by atoms with E-state index in [1.54, 1.807) is 30.3 Å². The average molecular weight is 306 g/mol. The minimum absolute atomic E-state index is 0.129. The lowest BCUT2D eigenvalue weighted by Crippen LogP contribution is -2.02. The number of carbonyl (C=O) groups is 1. The highest BCUT2D eigenvalue weighted by Crippen LogP contribution is 2.29. The molecule has 2 heterocycles. The Bertz CT molecular complexity index is 787. The fourth-order valence-electron chi connectivity index (χ4n) is 2.01. The molecule has 0 spiro atoms. The maximum atomic E-state index is 12.3. The van der Waals surface area contributed by atoms with Crippen LogP contribution in [0.25, 0.3) is 11.0 Å². The number of carboxylic acids is 1. The number of para-hydroxylation sites is 1. The van der Waals surface area contributed by atoms with Crippen molar-refractivity contribution >= 4 is 39.1 Å². The van der Waals surface area contributed by atoms with Gasteiger partial charge in [-0.1, -0.05) is 24.3 Å². The number of hydrogen-bond acceptors (Lipinski definition) is 4. The fourth-order valence-corrected chi connectivity index (χ4v) is 4.15. The van der Waals surface area contributed by atoms with E-state index in [2.05, 4.69) is 0 Å². The Morgan fingerprint density at radius 2 is 2.05 bits per heavy atom. The topological polar surface area (TPSA) is 67.5 Å². The van der Waals surface area contributed by atoms with E-state index in [9.17, 15) is 14.1 Å². The first-order valence-corrected chi connectivity index (χ1v) is 8.02. The lowest BCUT2D eigenvalue weighted by atomic mass is 10.1. The van der Waals surface area contributed by atoms with Crippen LogP contribution < -0.4 is 0 Å². The van der Waals surface area contributed by atoms with Crippen LogP contribution in [0.4, 0.5) is 0 Å². The molecule has 0 bridgehead atoms. The Morgan fingerprint density at radius 1 is 1.25 bits per heavy atom. The first-order chi connectivity index (χ1) is 9.66. The predicted molar refractivity (Wildman–Crippen MR) is 77.6 cm³/mol. The Hall–Kier alpha value is -1.92. The molecule has 102 valence electrons. The molecule has 3 rings (SSSR count). The summed E-state index contributed by atoms with van der Waals surface area (Å²) in [5, 5.41) is 11.8. The van der Waals surface area contributed by atoms with E-state index in [0.29, 0.717) is 16.5 Å². The molecule has 0 aliphatic heterocycles. The molecule has 1 unspecified atom stereocenters. The normalized spacial score (nSPS) is 12.6. The van der Waals surface area contributed by atoms with E-state index >= 15 is 0 Å². The zero-order valence-electron chi connectivity index (χ0n) is 10.2. The van der Waals surface area contributed by atoms with Gasteiger partial charge in [-0.3, -0.25) is 4.21 Å². The Labute approximate surface area is 121 Å². The summed E-state index contributed by atoms with van der Waals surface area (Å²) in [5.41, 5.74) is 0.989. The maximum Gasteiger partial charge on any atom is 0.372 e. The summed E-state index contributed by atoms with van der Waals surface area (Å²) < 4.78 is 18.4. The molecule has 0 aliphatic rings. The van der Waals surface area contributed by atoms with Gasteiger partial charge >= 0.3 is 5.97 Å². The number of furan rings is 1. The van der Waals surface area contributed by atoms with Gasteiger partial charge < -0.3 is 9.52 Å². The standard InChI is InChI=1S/C14H10O4S2/c15-14(16)13-10(8-20(17)12-6-3-7-19-12)9-4-1-2-5-11(9)18-13/h1-7H,8H2,(H,15,16). The molecule has 4 nitrogen and oxygen atoms in total. The molecular formula is C14H10O4S2. The van der Waals surface area contributed by atoms with Gasteiger partial charge in [0.05, 0.1) is 20.8 Å². The third-order valence-corrected chi connectivity index (χ3v) is 5.53. The monoisotopic (exact) mass is 306 g/mol. The van der Waals surface area contributed by atoms with Crippen LogP contribution in [0.1, 0.15) is 16.1 Å². The number of benzene rings is 1. The fraction of sp³-hybridized carbons (Fsp3) is 0.0714. The van der Waals surface area contributed by atoms with Crippen molar-refractivity contribution in [2.75, 3.05) is 0 Å². The molecule has 20 heavy (non-hydrogen) atoms. The quantitative estimate of drug-likeness (QED) is 0.801. The second-order valence-corrected chi connectivity index (χ2v) is 6.76. The molecule has 2 aromatic heterocycles. The first-order valence-electron chi connectivity index (χ1n) is 5.82. The summed E-state index contributed by atoms with van der Waals surface area (Å²) in [6, 6.07) is 10.7. The zero-order chi connectivity index (χ0) is 14.1. The van der Waals surface area contributed by atoms with Crippen LogP contribution in [-0.4, -0.2) is 15.3 Å². The highest BCUT2D eigenvalue weighted by molar-refractivity contribution is 7.86. The summed E-state index contributed by atoms with van der Waals surface area (Å²) in [4.78, 5) is 11.3. The van der Waals surface area contributed by atoms with Crippen molar-refractivity contribution in [3.05, 3.63) is 53.1 Å². The number of rotatable bonds is 4. The highest BCUT2D eigenvalue weighted by Gasteiger charge is 2.22. The summed E-state index contributed by atoms with van der Waals surface area (Å²) in [7, 11) is -1.27. The van der Waals surface area contributed by atoms with Crippen LogP contribution in [-0.2, 0) is 16.6 Å². The molecule has 1 aromatic carbocycles. The van der Waals surface area contributed by atoms with E-state index in [1.807, 2.05) is 11.4 Å². The van der Waals surface area contributed by atoms with Crippen molar-refractivity contribution in [2.45, 2.75) is 9.96 Å². The first kappa shape index (κ1) is 13.1. The predicted octanol–water partition coefficient (Wildman–Crippen LogP) is 3.50. The molecule has 0 amide bonds. The summed E-state index contributed by atoms with van der Waals surface area (Å²) >= 11 is 1.39. The lowest BCUT2D eigenvalue weighted by molar-refractivity contribution is 0.0664. The van der Waals surface area contributed by atoms with Crippen molar-refractivity contribution in [2.24, 2.45) is 0 Å². The molecule has 1 atom stereocenters. The molecule has 0 aliphatic carbocycles. The van der Waals surface area contributed by atoms with Gasteiger partial charge in [-0.05, 0) is 17.5 Å². The molecule has 0 radical (unpaired) electrons. The largest absolute Gasteiger partial charge is 0.475 e. The van der Waals surface area contributed by atoms with E-state index in [1.165, 1.54) is 11.3 Å². The van der Waals surface area contributed by atoms with Gasteiger partial charge in [0.25, 0.3) is 0 Å². The third kappa shape index (κ3) is 2.28. The molecule has 0 saturated carbocycles. The van der Waals surface area contributed by atoms with Gasteiger partial charge in [-0.25, -0.2) is 4.79 Å².